The van der Waals surface area contributed by atoms with Gasteiger partial charge in [0.2, 0.25) is 0 Å². The van der Waals surface area contributed by atoms with Gasteiger partial charge in [0.05, 0.1) is 22.7 Å². The van der Waals surface area contributed by atoms with Gasteiger partial charge in [-0.1, -0.05) is 13.0 Å². The third kappa shape index (κ3) is 2.83. The molecule has 2 aromatic rings. The van der Waals surface area contributed by atoms with Gasteiger partial charge in [0.15, 0.2) is 5.78 Å². The predicted octanol–water partition coefficient (Wildman–Crippen LogP) is 2.70. The van der Waals surface area contributed by atoms with Gasteiger partial charge in [-0.2, -0.15) is 0 Å². The summed E-state index contributed by atoms with van der Waals surface area (Å²) in [6.45, 7) is 2.32. The van der Waals surface area contributed by atoms with E-state index in [0.717, 1.165) is 4.88 Å². The summed E-state index contributed by atoms with van der Waals surface area (Å²) in [5.74, 6) is -0.707. The highest BCUT2D eigenvalue weighted by molar-refractivity contribution is 7.19. The summed E-state index contributed by atoms with van der Waals surface area (Å²) < 4.78 is 0. The maximum Gasteiger partial charge on any atom is 0.253 e. The second-order valence-electron chi connectivity index (χ2n) is 4.12. The summed E-state index contributed by atoms with van der Waals surface area (Å²) in [6, 6.07) is 3.93. The average Bonchev–Trinajstić information content (AvgIpc) is 3.02. The van der Waals surface area contributed by atoms with Crippen LogP contribution in [0, 0.1) is 0 Å². The molecule has 0 aliphatic heterocycles. The van der Waals surface area contributed by atoms with Crippen LogP contribution in [-0.2, 0) is 6.54 Å². The van der Waals surface area contributed by atoms with Crippen LogP contribution in [0.3, 0.4) is 0 Å². The van der Waals surface area contributed by atoms with Crippen LogP contribution < -0.4 is 16.8 Å². The first kappa shape index (κ1) is 14.5. The number of nitrogens with one attached hydrogen (secondary N) is 1. The zero-order valence-corrected chi connectivity index (χ0v) is 12.6. The number of nitrogens with two attached hydrogens (primary N) is 2. The van der Waals surface area contributed by atoms with E-state index in [2.05, 4.69) is 5.32 Å². The fourth-order valence-electron chi connectivity index (χ4n) is 1.76. The van der Waals surface area contributed by atoms with Gasteiger partial charge < -0.3 is 16.8 Å². The smallest absolute Gasteiger partial charge is 0.253 e. The van der Waals surface area contributed by atoms with E-state index in [1.54, 1.807) is 18.3 Å². The van der Waals surface area contributed by atoms with E-state index in [-0.39, 0.29) is 17.0 Å². The zero-order chi connectivity index (χ0) is 14.7. The highest BCUT2D eigenvalue weighted by Crippen LogP contribution is 2.36. The zero-order valence-electron chi connectivity index (χ0n) is 10.9. The first-order valence-electron chi connectivity index (χ1n) is 6.06. The van der Waals surface area contributed by atoms with Gasteiger partial charge in [-0.15, -0.1) is 22.7 Å². The monoisotopic (exact) mass is 309 g/mol. The summed E-state index contributed by atoms with van der Waals surface area (Å²) in [5.41, 5.74) is 11.6. The van der Waals surface area contributed by atoms with Gasteiger partial charge in [-0.05, 0) is 11.4 Å². The molecule has 0 aliphatic carbocycles. The number of amides is 1. The number of ketones is 1. The molecule has 5 nitrogen and oxygen atoms in total. The average molecular weight is 309 g/mol. The number of rotatable bonds is 6. The molecule has 0 aliphatic rings. The molecule has 0 saturated carbocycles. The number of carbonyl (C=O) groups excluding carboxylic acids is 2. The second-order valence-corrected chi connectivity index (χ2v) is 6.18. The van der Waals surface area contributed by atoms with Gasteiger partial charge in [-0.25, -0.2) is 0 Å². The molecule has 106 valence electrons. The Morgan fingerprint density at radius 3 is 2.70 bits per heavy atom. The van der Waals surface area contributed by atoms with Crippen molar-refractivity contribution in [2.45, 2.75) is 19.9 Å². The van der Waals surface area contributed by atoms with Crippen LogP contribution in [0.25, 0.3) is 0 Å². The van der Waals surface area contributed by atoms with Crippen molar-refractivity contribution in [1.82, 2.24) is 0 Å². The fraction of sp³-hybridized carbons (Fsp3) is 0.231. The van der Waals surface area contributed by atoms with Crippen molar-refractivity contribution >= 4 is 45.1 Å². The lowest BCUT2D eigenvalue weighted by Gasteiger charge is -2.04. The first-order chi connectivity index (χ1) is 9.54. The Kier molecular flexibility index (Phi) is 4.41. The molecule has 0 radical (unpaired) electrons. The number of hydrogen-bond donors (Lipinski definition) is 3. The molecule has 0 aromatic carbocycles. The lowest BCUT2D eigenvalue weighted by Crippen LogP contribution is -2.15. The van der Waals surface area contributed by atoms with Crippen molar-refractivity contribution < 1.29 is 9.59 Å². The maximum absolute atomic E-state index is 11.8. The van der Waals surface area contributed by atoms with Gasteiger partial charge in [-0.3, -0.25) is 9.59 Å². The van der Waals surface area contributed by atoms with Crippen molar-refractivity contribution in [1.29, 1.82) is 0 Å². The summed E-state index contributed by atoms with van der Waals surface area (Å²) in [4.78, 5) is 24.9. The van der Waals surface area contributed by atoms with E-state index in [1.807, 2.05) is 17.5 Å². The van der Waals surface area contributed by atoms with Gasteiger partial charge in [0.25, 0.3) is 5.91 Å². The molecule has 0 atom stereocenters. The largest absolute Gasteiger partial charge is 0.397 e. The Morgan fingerprint density at radius 2 is 2.15 bits per heavy atom. The number of thiophene rings is 2. The lowest BCUT2D eigenvalue weighted by atomic mass is 10.1. The second kappa shape index (κ2) is 6.06. The van der Waals surface area contributed by atoms with E-state index in [4.69, 9.17) is 11.5 Å². The molecule has 0 saturated heterocycles. The van der Waals surface area contributed by atoms with E-state index in [0.29, 0.717) is 22.8 Å². The summed E-state index contributed by atoms with van der Waals surface area (Å²) in [6.07, 6.45) is 0.341. The highest BCUT2D eigenvalue weighted by atomic mass is 32.1. The van der Waals surface area contributed by atoms with Crippen LogP contribution in [0.2, 0.25) is 0 Å². The summed E-state index contributed by atoms with van der Waals surface area (Å²) >= 11 is 2.79. The standard InChI is InChI=1S/C13H15N3O2S2/c1-2-8(17)11-10(14)9(12(15)18)13(20-11)16-6-7-4-3-5-19-7/h3-5,16H,2,6,14H2,1H3,(H2,15,18). The van der Waals surface area contributed by atoms with Crippen LogP contribution >= 0.6 is 22.7 Å². The van der Waals surface area contributed by atoms with Crippen molar-refractivity contribution in [3.05, 3.63) is 32.8 Å². The van der Waals surface area contributed by atoms with Gasteiger partial charge in [0, 0.05) is 11.3 Å². The Morgan fingerprint density at radius 1 is 1.40 bits per heavy atom. The fourth-order valence-corrected chi connectivity index (χ4v) is 3.54. The van der Waals surface area contributed by atoms with Gasteiger partial charge in [0.1, 0.15) is 5.00 Å². The van der Waals surface area contributed by atoms with Gasteiger partial charge >= 0.3 is 0 Å². The van der Waals surface area contributed by atoms with E-state index in [1.165, 1.54) is 11.3 Å². The molecule has 0 bridgehead atoms. The summed E-state index contributed by atoms with van der Waals surface area (Å²) in [7, 11) is 0. The molecule has 1 amide bonds. The molecule has 7 heteroatoms. The van der Waals surface area contributed by atoms with Crippen LogP contribution in [0.4, 0.5) is 10.7 Å². The predicted molar refractivity (Wildman–Crippen MR) is 83.5 cm³/mol. The molecule has 20 heavy (non-hydrogen) atoms. The summed E-state index contributed by atoms with van der Waals surface area (Å²) in [5, 5.41) is 5.66. The van der Waals surface area contributed by atoms with Crippen molar-refractivity contribution in [3.8, 4) is 0 Å². The molecule has 0 spiro atoms. The van der Waals surface area contributed by atoms with E-state index >= 15 is 0 Å². The first-order valence-corrected chi connectivity index (χ1v) is 7.75. The van der Waals surface area contributed by atoms with Crippen LogP contribution in [0.1, 0.15) is 38.3 Å². The van der Waals surface area contributed by atoms with Crippen LogP contribution in [0.5, 0.6) is 0 Å². The number of anilines is 2. The van der Waals surface area contributed by atoms with Crippen molar-refractivity contribution in [2.24, 2.45) is 5.73 Å². The normalized spacial score (nSPS) is 10.4. The third-order valence-electron chi connectivity index (χ3n) is 2.77. The third-order valence-corrected chi connectivity index (χ3v) is 4.85. The Balaban J connectivity index is 2.31. The Bertz CT molecular complexity index is 632. The van der Waals surface area contributed by atoms with Crippen molar-refractivity contribution in [3.63, 3.8) is 0 Å². The van der Waals surface area contributed by atoms with Crippen LogP contribution in [-0.4, -0.2) is 11.7 Å². The van der Waals surface area contributed by atoms with Crippen LogP contribution in [0.15, 0.2) is 17.5 Å². The highest BCUT2D eigenvalue weighted by Gasteiger charge is 2.23. The molecule has 2 rings (SSSR count). The van der Waals surface area contributed by atoms with Crippen molar-refractivity contribution in [2.75, 3.05) is 11.1 Å². The molecule has 0 unspecified atom stereocenters. The quantitative estimate of drug-likeness (QED) is 0.714. The lowest BCUT2D eigenvalue weighted by molar-refractivity contribution is 0.0991. The Labute approximate surface area is 124 Å². The molecule has 2 aromatic heterocycles. The number of hydrogen-bond acceptors (Lipinski definition) is 6. The minimum atomic E-state index is -0.623. The SMILES string of the molecule is CCC(=O)c1sc(NCc2cccs2)c(C(N)=O)c1N. The topological polar surface area (TPSA) is 98.2 Å². The molecule has 2 heterocycles. The molecular formula is C13H15N3O2S2. The minimum Gasteiger partial charge on any atom is -0.397 e. The Hall–Kier alpha value is -1.86. The van der Waals surface area contributed by atoms with E-state index < -0.39 is 5.91 Å². The molecule has 5 N–H and O–H groups in total. The van der Waals surface area contributed by atoms with E-state index in [9.17, 15) is 9.59 Å². The number of primary amides is 1. The maximum atomic E-state index is 11.8. The number of carbonyl (C=O) groups is 2. The molecule has 0 fully saturated rings. The minimum absolute atomic E-state index is 0.0841. The number of nitrogen functional groups attached to an aromatic ring is 1. The molecular weight excluding hydrogens is 294 g/mol. The number of Topliss-reactive ketones (excluding diaryl/α,β-unsaturated/α-hetero) is 1.